The van der Waals surface area contributed by atoms with Crippen molar-refractivity contribution < 1.29 is 18.0 Å². The largest absolute Gasteiger partial charge is 0.339 e. The molecule has 1 fully saturated rings. The minimum Gasteiger partial charge on any atom is -0.339 e. The first kappa shape index (κ1) is 16.8. The van der Waals surface area contributed by atoms with Crippen LogP contribution in [0, 0.1) is 0 Å². The predicted molar refractivity (Wildman–Crippen MR) is 82.3 cm³/mol. The molecule has 0 aliphatic carbocycles. The molecule has 0 aromatic heterocycles. The molecule has 1 aliphatic heterocycles. The lowest BCUT2D eigenvalue weighted by Crippen LogP contribution is -2.51. The van der Waals surface area contributed by atoms with Gasteiger partial charge in [0, 0.05) is 38.1 Å². The van der Waals surface area contributed by atoms with Crippen molar-refractivity contribution in [3.8, 4) is 0 Å². The Kier molecular flexibility index (Phi) is 5.08. The second kappa shape index (κ2) is 6.66. The molecular formula is C14H17ClN2O4S. The molecule has 120 valence electrons. The number of halogens is 1. The molecular weight excluding hydrogens is 328 g/mol. The van der Waals surface area contributed by atoms with E-state index in [0.29, 0.717) is 31.2 Å². The second-order valence-corrected chi connectivity index (χ2v) is 7.53. The number of amides is 2. The first-order chi connectivity index (χ1) is 10.3. The smallest absolute Gasteiger partial charge is 0.238 e. The van der Waals surface area contributed by atoms with Gasteiger partial charge in [0.1, 0.15) is 5.75 Å². The molecule has 0 atom stereocenters. The van der Waals surface area contributed by atoms with Crippen molar-refractivity contribution >= 4 is 33.3 Å². The van der Waals surface area contributed by atoms with E-state index in [9.17, 15) is 18.0 Å². The van der Waals surface area contributed by atoms with Crippen molar-refractivity contribution in [2.75, 3.05) is 31.9 Å². The van der Waals surface area contributed by atoms with Crippen LogP contribution in [0.2, 0.25) is 5.02 Å². The fraction of sp³-hybridized carbons (Fsp3) is 0.429. The summed E-state index contributed by atoms with van der Waals surface area (Å²) in [5.74, 6) is -1.06. The topological polar surface area (TPSA) is 74.8 Å². The zero-order chi connectivity index (χ0) is 16.3. The Labute approximate surface area is 134 Å². The number of hydrogen-bond donors (Lipinski definition) is 0. The maximum atomic E-state index is 12.2. The van der Waals surface area contributed by atoms with Crippen LogP contribution in [-0.2, 0) is 19.4 Å². The summed E-state index contributed by atoms with van der Waals surface area (Å²) in [6.45, 7) is 3.05. The third-order valence-electron chi connectivity index (χ3n) is 3.56. The highest BCUT2D eigenvalue weighted by Gasteiger charge is 2.27. The van der Waals surface area contributed by atoms with E-state index >= 15 is 0 Å². The Hall–Kier alpha value is -1.60. The number of piperazine rings is 1. The molecule has 1 aliphatic rings. The number of nitrogens with zero attached hydrogens (tertiary/aromatic N) is 2. The van der Waals surface area contributed by atoms with Gasteiger partial charge in [0.15, 0.2) is 9.84 Å². The summed E-state index contributed by atoms with van der Waals surface area (Å²) in [6.07, 6.45) is 0. The van der Waals surface area contributed by atoms with Crippen molar-refractivity contribution in [1.29, 1.82) is 0 Å². The Balaban J connectivity index is 2.00. The molecule has 0 spiro atoms. The van der Waals surface area contributed by atoms with Crippen LogP contribution in [0.1, 0.15) is 6.92 Å². The minimum absolute atomic E-state index is 0.0408. The second-order valence-electron chi connectivity index (χ2n) is 5.10. The molecule has 2 rings (SSSR count). The molecule has 0 radical (unpaired) electrons. The molecule has 0 unspecified atom stereocenters. The van der Waals surface area contributed by atoms with E-state index in [-0.39, 0.29) is 10.8 Å². The highest BCUT2D eigenvalue weighted by atomic mass is 35.5. The lowest BCUT2D eigenvalue weighted by Gasteiger charge is -2.34. The van der Waals surface area contributed by atoms with Gasteiger partial charge in [0.25, 0.3) is 0 Å². The Morgan fingerprint density at radius 2 is 1.55 bits per heavy atom. The molecule has 1 aromatic carbocycles. The Bertz CT molecular complexity index is 665. The molecule has 1 heterocycles. The lowest BCUT2D eigenvalue weighted by molar-refractivity contribution is -0.136. The zero-order valence-electron chi connectivity index (χ0n) is 12.2. The van der Waals surface area contributed by atoms with Crippen LogP contribution in [0.25, 0.3) is 0 Å². The van der Waals surface area contributed by atoms with Gasteiger partial charge in [-0.15, -0.1) is 0 Å². The van der Waals surface area contributed by atoms with Crippen LogP contribution in [0.15, 0.2) is 29.2 Å². The quantitative estimate of drug-likeness (QED) is 0.813. The average Bonchev–Trinajstić information content (AvgIpc) is 2.47. The number of carbonyl (C=O) groups excluding carboxylic acids is 2. The van der Waals surface area contributed by atoms with E-state index in [1.807, 2.05) is 0 Å². The summed E-state index contributed by atoms with van der Waals surface area (Å²) in [6, 6.07) is 5.73. The summed E-state index contributed by atoms with van der Waals surface area (Å²) in [7, 11) is -3.69. The summed E-state index contributed by atoms with van der Waals surface area (Å²) in [5, 5.41) is 0.436. The molecule has 6 nitrogen and oxygen atoms in total. The molecule has 8 heteroatoms. The average molecular weight is 345 g/mol. The van der Waals surface area contributed by atoms with Crippen molar-refractivity contribution in [2.45, 2.75) is 11.8 Å². The monoisotopic (exact) mass is 344 g/mol. The Morgan fingerprint density at radius 1 is 1.05 bits per heavy atom. The minimum atomic E-state index is -3.69. The van der Waals surface area contributed by atoms with Gasteiger partial charge in [-0.3, -0.25) is 9.59 Å². The number of benzene rings is 1. The van der Waals surface area contributed by atoms with Gasteiger partial charge in [0.2, 0.25) is 11.8 Å². The third kappa shape index (κ3) is 3.98. The van der Waals surface area contributed by atoms with E-state index in [1.165, 1.54) is 36.1 Å². The molecule has 0 N–H and O–H groups in total. The summed E-state index contributed by atoms with van der Waals surface area (Å²) >= 11 is 5.73. The van der Waals surface area contributed by atoms with E-state index in [0.717, 1.165) is 0 Å². The molecule has 22 heavy (non-hydrogen) atoms. The van der Waals surface area contributed by atoms with Gasteiger partial charge in [-0.1, -0.05) is 11.6 Å². The number of hydrogen-bond acceptors (Lipinski definition) is 4. The number of carbonyl (C=O) groups is 2. The van der Waals surface area contributed by atoms with Crippen LogP contribution in [-0.4, -0.2) is 62.0 Å². The molecule has 1 saturated heterocycles. The Morgan fingerprint density at radius 3 is 2.05 bits per heavy atom. The highest BCUT2D eigenvalue weighted by molar-refractivity contribution is 7.92. The van der Waals surface area contributed by atoms with Crippen LogP contribution in [0.4, 0.5) is 0 Å². The number of rotatable bonds is 3. The molecule has 0 saturated carbocycles. The van der Waals surface area contributed by atoms with Gasteiger partial charge in [-0.05, 0) is 24.3 Å². The first-order valence-corrected chi connectivity index (χ1v) is 8.84. The summed E-state index contributed by atoms with van der Waals surface area (Å²) in [4.78, 5) is 26.6. The first-order valence-electron chi connectivity index (χ1n) is 6.81. The van der Waals surface area contributed by atoms with Crippen molar-refractivity contribution in [1.82, 2.24) is 9.80 Å². The predicted octanol–water partition coefficient (Wildman–Crippen LogP) is 0.804. The van der Waals surface area contributed by atoms with Gasteiger partial charge < -0.3 is 9.80 Å². The van der Waals surface area contributed by atoms with Crippen molar-refractivity contribution in [3.63, 3.8) is 0 Å². The number of sulfone groups is 1. The van der Waals surface area contributed by atoms with E-state index in [1.54, 1.807) is 4.90 Å². The fourth-order valence-corrected chi connectivity index (χ4v) is 3.60. The third-order valence-corrected chi connectivity index (χ3v) is 5.43. The van der Waals surface area contributed by atoms with Gasteiger partial charge in [-0.2, -0.15) is 0 Å². The zero-order valence-corrected chi connectivity index (χ0v) is 13.7. The van der Waals surface area contributed by atoms with Crippen LogP contribution in [0.5, 0.6) is 0 Å². The van der Waals surface area contributed by atoms with Crippen molar-refractivity contribution in [3.05, 3.63) is 29.3 Å². The van der Waals surface area contributed by atoms with Crippen LogP contribution < -0.4 is 0 Å². The van der Waals surface area contributed by atoms with Crippen molar-refractivity contribution in [2.24, 2.45) is 0 Å². The van der Waals surface area contributed by atoms with Crippen LogP contribution >= 0.6 is 11.6 Å². The maximum Gasteiger partial charge on any atom is 0.238 e. The van der Waals surface area contributed by atoms with Gasteiger partial charge in [-0.25, -0.2) is 8.42 Å². The molecule has 2 amide bonds. The van der Waals surface area contributed by atoms with E-state index in [2.05, 4.69) is 0 Å². The molecule has 0 bridgehead atoms. The maximum absolute atomic E-state index is 12.2. The normalized spacial score (nSPS) is 15.7. The SMILES string of the molecule is CC(=O)N1CCN(C(=O)CS(=O)(=O)c2ccc(Cl)cc2)CC1. The standard InChI is InChI=1S/C14H17ClN2O4S/c1-11(18)16-6-8-17(9-7-16)14(19)10-22(20,21)13-4-2-12(15)3-5-13/h2-5H,6-10H2,1H3. The van der Waals surface area contributed by atoms with E-state index < -0.39 is 21.5 Å². The van der Waals surface area contributed by atoms with Crippen LogP contribution in [0.3, 0.4) is 0 Å². The highest BCUT2D eigenvalue weighted by Crippen LogP contribution is 2.16. The lowest BCUT2D eigenvalue weighted by atomic mass is 10.3. The summed E-state index contributed by atoms with van der Waals surface area (Å²) < 4.78 is 24.4. The molecule has 1 aromatic rings. The van der Waals surface area contributed by atoms with Gasteiger partial charge >= 0.3 is 0 Å². The van der Waals surface area contributed by atoms with Gasteiger partial charge in [0.05, 0.1) is 4.90 Å². The summed E-state index contributed by atoms with van der Waals surface area (Å²) in [5.41, 5.74) is 0. The fourth-order valence-electron chi connectivity index (χ4n) is 2.25. The van der Waals surface area contributed by atoms with E-state index in [4.69, 9.17) is 11.6 Å².